The highest BCUT2D eigenvalue weighted by Gasteiger charge is 2.21. The van der Waals surface area contributed by atoms with Crippen LogP contribution in [0.25, 0.3) is 0 Å². The molecule has 0 fully saturated rings. The van der Waals surface area contributed by atoms with E-state index < -0.39 is 44.2 Å². The van der Waals surface area contributed by atoms with Crippen molar-refractivity contribution in [2.45, 2.75) is 24.3 Å². The molecular formula is C11H13FN2O5S. The molecular weight excluding hydrogens is 291 g/mol. The summed E-state index contributed by atoms with van der Waals surface area (Å²) in [6.07, 6.45) is -0.216. The molecule has 20 heavy (non-hydrogen) atoms. The number of hydrogen-bond acceptors (Lipinski definition) is 4. The van der Waals surface area contributed by atoms with E-state index in [0.717, 1.165) is 12.1 Å². The fraction of sp³-hybridized carbons (Fsp3) is 0.273. The fourth-order valence-corrected chi connectivity index (χ4v) is 2.78. The minimum atomic E-state index is -4.07. The number of halogens is 1. The van der Waals surface area contributed by atoms with Crippen LogP contribution in [-0.2, 0) is 14.8 Å². The summed E-state index contributed by atoms with van der Waals surface area (Å²) in [5, 5.41) is 8.74. The summed E-state index contributed by atoms with van der Waals surface area (Å²) in [6.45, 7) is 1.42. The number of benzene rings is 1. The van der Waals surface area contributed by atoms with Crippen molar-refractivity contribution < 1.29 is 27.5 Å². The van der Waals surface area contributed by atoms with Gasteiger partial charge in [0.15, 0.2) is 0 Å². The quantitative estimate of drug-likeness (QED) is 0.685. The number of nitrogens with two attached hydrogens (primary N) is 1. The van der Waals surface area contributed by atoms with Gasteiger partial charge in [0.25, 0.3) is 0 Å². The molecule has 0 spiro atoms. The second-order valence-electron chi connectivity index (χ2n) is 4.14. The third-order valence-electron chi connectivity index (χ3n) is 2.34. The highest BCUT2D eigenvalue weighted by molar-refractivity contribution is 7.89. The van der Waals surface area contributed by atoms with Gasteiger partial charge in [0, 0.05) is 12.5 Å². The molecule has 1 rings (SSSR count). The second-order valence-corrected chi connectivity index (χ2v) is 5.85. The van der Waals surface area contributed by atoms with Crippen molar-refractivity contribution in [1.82, 2.24) is 4.72 Å². The lowest BCUT2D eigenvalue weighted by Crippen LogP contribution is -2.35. The lowest BCUT2D eigenvalue weighted by atomic mass is 10.2. The minimum absolute atomic E-state index is 0.216. The zero-order valence-electron chi connectivity index (χ0n) is 10.5. The maximum absolute atomic E-state index is 13.2. The monoisotopic (exact) mass is 304 g/mol. The summed E-state index contributed by atoms with van der Waals surface area (Å²) >= 11 is 0. The van der Waals surface area contributed by atoms with Gasteiger partial charge < -0.3 is 10.8 Å². The molecule has 1 atom stereocenters. The van der Waals surface area contributed by atoms with E-state index in [2.05, 4.69) is 4.72 Å². The zero-order chi connectivity index (χ0) is 15.5. The molecule has 1 aromatic carbocycles. The molecule has 0 heterocycles. The van der Waals surface area contributed by atoms with Crippen LogP contribution in [0.5, 0.6) is 0 Å². The van der Waals surface area contributed by atoms with Gasteiger partial charge in [-0.25, -0.2) is 22.3 Å². The molecule has 7 nitrogen and oxygen atoms in total. The van der Waals surface area contributed by atoms with Gasteiger partial charge in [-0.2, -0.15) is 0 Å². The SMILES string of the molecule is CC(CC(N)=O)NS(=O)(=O)c1ccc(F)c(C(=O)O)c1. The number of hydrogen-bond donors (Lipinski definition) is 3. The Morgan fingerprint density at radius 2 is 2.05 bits per heavy atom. The number of carboxylic acid groups (broad SMARTS) is 1. The Balaban J connectivity index is 3.07. The summed E-state index contributed by atoms with van der Waals surface area (Å²) in [4.78, 5) is 21.0. The molecule has 0 saturated carbocycles. The molecule has 0 aliphatic rings. The standard InChI is InChI=1S/C11H13FN2O5S/c1-6(4-10(13)15)14-20(18,19)7-2-3-9(12)8(5-7)11(16)17/h2-3,5-6,14H,4H2,1H3,(H2,13,15)(H,16,17). The number of carbonyl (C=O) groups is 2. The van der Waals surface area contributed by atoms with Crippen LogP contribution in [0.1, 0.15) is 23.7 Å². The number of rotatable bonds is 6. The first-order valence-corrected chi connectivity index (χ1v) is 6.95. The molecule has 0 bridgehead atoms. The first-order valence-electron chi connectivity index (χ1n) is 5.47. The van der Waals surface area contributed by atoms with Gasteiger partial charge in [0.05, 0.1) is 10.5 Å². The number of primary amides is 1. The first-order chi connectivity index (χ1) is 9.13. The van der Waals surface area contributed by atoms with Crippen molar-refractivity contribution in [3.05, 3.63) is 29.6 Å². The van der Waals surface area contributed by atoms with Gasteiger partial charge in [0.1, 0.15) is 5.82 Å². The van der Waals surface area contributed by atoms with Crippen LogP contribution >= 0.6 is 0 Å². The largest absolute Gasteiger partial charge is 0.478 e. The maximum Gasteiger partial charge on any atom is 0.338 e. The Hall–Kier alpha value is -2.00. The predicted octanol–water partition coefficient (Wildman–Crippen LogP) is 0.0661. The molecule has 1 amide bonds. The molecule has 1 aromatic rings. The highest BCUT2D eigenvalue weighted by atomic mass is 32.2. The Bertz CT molecular complexity index is 644. The molecule has 0 saturated heterocycles. The summed E-state index contributed by atoms with van der Waals surface area (Å²) in [5.41, 5.74) is 4.18. The van der Waals surface area contributed by atoms with Crippen molar-refractivity contribution in [2.24, 2.45) is 5.73 Å². The van der Waals surface area contributed by atoms with Crippen molar-refractivity contribution in [1.29, 1.82) is 0 Å². The number of amides is 1. The highest BCUT2D eigenvalue weighted by Crippen LogP contribution is 2.15. The van der Waals surface area contributed by atoms with Gasteiger partial charge in [-0.1, -0.05) is 0 Å². The molecule has 0 aliphatic carbocycles. The fourth-order valence-electron chi connectivity index (χ4n) is 1.51. The van der Waals surface area contributed by atoms with E-state index in [9.17, 15) is 22.4 Å². The topological polar surface area (TPSA) is 127 Å². The van der Waals surface area contributed by atoms with E-state index in [0.29, 0.717) is 6.07 Å². The Kier molecular flexibility index (Phi) is 4.79. The van der Waals surface area contributed by atoms with E-state index in [4.69, 9.17) is 10.8 Å². The van der Waals surface area contributed by atoms with Gasteiger partial charge in [0.2, 0.25) is 15.9 Å². The maximum atomic E-state index is 13.2. The second kappa shape index (κ2) is 5.97. The third kappa shape index (κ3) is 4.00. The van der Waals surface area contributed by atoms with Crippen LogP contribution in [0.15, 0.2) is 23.1 Å². The number of sulfonamides is 1. The third-order valence-corrected chi connectivity index (χ3v) is 3.93. The van der Waals surface area contributed by atoms with E-state index in [1.165, 1.54) is 6.92 Å². The van der Waals surface area contributed by atoms with E-state index >= 15 is 0 Å². The van der Waals surface area contributed by atoms with Crippen LogP contribution in [0.4, 0.5) is 4.39 Å². The van der Waals surface area contributed by atoms with E-state index in [-0.39, 0.29) is 6.42 Å². The lowest BCUT2D eigenvalue weighted by Gasteiger charge is -2.13. The van der Waals surface area contributed by atoms with Gasteiger partial charge >= 0.3 is 5.97 Å². The molecule has 0 aromatic heterocycles. The lowest BCUT2D eigenvalue weighted by molar-refractivity contribution is -0.118. The summed E-state index contributed by atoms with van der Waals surface area (Å²) in [7, 11) is -4.07. The number of carbonyl (C=O) groups excluding carboxylic acids is 1. The van der Waals surface area contributed by atoms with Crippen molar-refractivity contribution in [2.75, 3.05) is 0 Å². The minimum Gasteiger partial charge on any atom is -0.478 e. The molecule has 9 heteroatoms. The summed E-state index contributed by atoms with van der Waals surface area (Å²) in [5.74, 6) is -3.31. The molecule has 4 N–H and O–H groups in total. The summed E-state index contributed by atoms with van der Waals surface area (Å²) in [6, 6.07) is 1.62. The van der Waals surface area contributed by atoms with Gasteiger partial charge in [-0.15, -0.1) is 0 Å². The average molecular weight is 304 g/mol. The van der Waals surface area contributed by atoms with Gasteiger partial charge in [-0.3, -0.25) is 4.79 Å². The van der Waals surface area contributed by atoms with E-state index in [1.807, 2.05) is 0 Å². The molecule has 0 aliphatic heterocycles. The van der Waals surface area contributed by atoms with Crippen LogP contribution in [0, 0.1) is 5.82 Å². The van der Waals surface area contributed by atoms with E-state index in [1.54, 1.807) is 0 Å². The average Bonchev–Trinajstić information content (AvgIpc) is 2.26. The van der Waals surface area contributed by atoms with Crippen molar-refractivity contribution >= 4 is 21.9 Å². The smallest absolute Gasteiger partial charge is 0.338 e. The Morgan fingerprint density at radius 3 is 2.55 bits per heavy atom. The van der Waals surface area contributed by atoms with Crippen LogP contribution < -0.4 is 10.5 Å². The molecule has 110 valence electrons. The van der Waals surface area contributed by atoms with Crippen LogP contribution in [-0.4, -0.2) is 31.4 Å². The molecule has 0 radical (unpaired) electrons. The number of aromatic carboxylic acids is 1. The van der Waals surface area contributed by atoms with Crippen molar-refractivity contribution in [3.8, 4) is 0 Å². The van der Waals surface area contributed by atoms with Crippen LogP contribution in [0.3, 0.4) is 0 Å². The Morgan fingerprint density at radius 1 is 1.45 bits per heavy atom. The molecule has 1 unspecified atom stereocenters. The Labute approximate surface area is 114 Å². The summed E-state index contributed by atoms with van der Waals surface area (Å²) < 4.78 is 39.2. The van der Waals surface area contributed by atoms with Crippen molar-refractivity contribution in [3.63, 3.8) is 0 Å². The normalized spacial score (nSPS) is 12.9. The predicted molar refractivity (Wildman–Crippen MR) is 67.0 cm³/mol. The van der Waals surface area contributed by atoms with Gasteiger partial charge in [-0.05, 0) is 25.1 Å². The van der Waals surface area contributed by atoms with Crippen LogP contribution in [0.2, 0.25) is 0 Å². The zero-order valence-corrected chi connectivity index (χ0v) is 11.3. The number of nitrogens with one attached hydrogen (secondary N) is 1. The number of carboxylic acids is 1. The first kappa shape index (κ1) is 16.1.